The number of nitrogens with zero attached hydrogens (tertiary/aromatic N) is 3. The topological polar surface area (TPSA) is 84.3 Å². The summed E-state index contributed by atoms with van der Waals surface area (Å²) in [7, 11) is 1.52. The summed E-state index contributed by atoms with van der Waals surface area (Å²) in [6.07, 6.45) is 1.16. The summed E-state index contributed by atoms with van der Waals surface area (Å²) in [5, 5.41) is 2.82. The second-order valence-corrected chi connectivity index (χ2v) is 6.72. The molecule has 150 valence electrons. The first kappa shape index (κ1) is 20.3. The lowest BCUT2D eigenvalue weighted by atomic mass is 10.1. The van der Waals surface area contributed by atoms with Crippen LogP contribution in [0.4, 0.5) is 11.5 Å². The fraction of sp³-hybridized carbons (Fsp3) is 0.273. The number of hydrogen-bond acceptors (Lipinski definition) is 4. The lowest BCUT2D eigenvalue weighted by molar-refractivity contribution is -0.118. The maximum atomic E-state index is 13.0. The Hall–Kier alpha value is -3.48. The van der Waals surface area contributed by atoms with E-state index < -0.39 is 5.56 Å². The van der Waals surface area contributed by atoms with Crippen molar-refractivity contribution >= 4 is 34.4 Å². The molecule has 2 amide bonds. The van der Waals surface area contributed by atoms with E-state index in [1.165, 1.54) is 22.1 Å². The Balaban J connectivity index is 1.96. The van der Waals surface area contributed by atoms with Gasteiger partial charge in [0.25, 0.3) is 5.56 Å². The molecule has 7 nitrogen and oxygen atoms in total. The summed E-state index contributed by atoms with van der Waals surface area (Å²) in [5.41, 5.74) is 2.43. The molecule has 1 heterocycles. The molecule has 0 aliphatic rings. The molecule has 0 radical (unpaired) electrons. The number of carbonyl (C=O) groups excluding carboxylic acids is 2. The fourth-order valence-corrected chi connectivity index (χ4v) is 3.08. The van der Waals surface area contributed by atoms with Crippen LogP contribution < -0.4 is 15.8 Å². The number of benzene rings is 2. The molecule has 0 fully saturated rings. The minimum atomic E-state index is -0.482. The molecule has 0 spiro atoms. The standard InChI is InChI=1S/C22H24N4O3/c1-4-15-10-12-16(13-11-15)23-19(27)14-26-18-9-7-6-8-17(18)24-21(22(26)29)25(3)20(28)5-2/h6-13H,4-5,14H2,1-3H3,(H,23,27). The third-order valence-corrected chi connectivity index (χ3v) is 4.78. The molecule has 0 saturated carbocycles. The Bertz CT molecular complexity index is 1100. The van der Waals surface area contributed by atoms with Crippen LogP contribution in [0.25, 0.3) is 11.0 Å². The molecule has 29 heavy (non-hydrogen) atoms. The van der Waals surface area contributed by atoms with E-state index in [0.29, 0.717) is 16.7 Å². The normalized spacial score (nSPS) is 10.7. The summed E-state index contributed by atoms with van der Waals surface area (Å²) >= 11 is 0. The van der Waals surface area contributed by atoms with Crippen LogP contribution in [0.15, 0.2) is 53.3 Å². The van der Waals surface area contributed by atoms with Crippen LogP contribution in [0.2, 0.25) is 0 Å². The average Bonchev–Trinajstić information content (AvgIpc) is 2.75. The Morgan fingerprint density at radius 1 is 1.07 bits per heavy atom. The van der Waals surface area contributed by atoms with Gasteiger partial charge in [-0.2, -0.15) is 0 Å². The number of amides is 2. The molecule has 1 N–H and O–H groups in total. The maximum absolute atomic E-state index is 13.0. The van der Waals surface area contributed by atoms with Gasteiger partial charge in [0.05, 0.1) is 11.0 Å². The lowest BCUT2D eigenvalue weighted by Gasteiger charge is -2.18. The van der Waals surface area contributed by atoms with E-state index in [1.54, 1.807) is 31.2 Å². The quantitative estimate of drug-likeness (QED) is 0.699. The van der Waals surface area contributed by atoms with Crippen molar-refractivity contribution in [2.75, 3.05) is 17.3 Å². The third kappa shape index (κ3) is 4.34. The highest BCUT2D eigenvalue weighted by molar-refractivity contribution is 5.94. The van der Waals surface area contributed by atoms with Gasteiger partial charge in [-0.15, -0.1) is 0 Å². The summed E-state index contributed by atoms with van der Waals surface area (Å²) in [4.78, 5) is 43.4. The van der Waals surface area contributed by atoms with Crippen molar-refractivity contribution in [3.05, 3.63) is 64.4 Å². The molecule has 0 unspecified atom stereocenters. The van der Waals surface area contributed by atoms with Crippen LogP contribution in [0.3, 0.4) is 0 Å². The molecular formula is C22H24N4O3. The van der Waals surface area contributed by atoms with Crippen molar-refractivity contribution in [1.82, 2.24) is 9.55 Å². The van der Waals surface area contributed by atoms with Crippen LogP contribution in [0.5, 0.6) is 0 Å². The fourth-order valence-electron chi connectivity index (χ4n) is 3.08. The van der Waals surface area contributed by atoms with E-state index in [4.69, 9.17) is 0 Å². The number of anilines is 2. The molecule has 0 aliphatic heterocycles. The zero-order valence-corrected chi connectivity index (χ0v) is 16.8. The predicted octanol–water partition coefficient (Wildman–Crippen LogP) is 2.97. The molecule has 3 rings (SSSR count). The monoisotopic (exact) mass is 392 g/mol. The largest absolute Gasteiger partial charge is 0.325 e. The van der Waals surface area contributed by atoms with Crippen LogP contribution in [0.1, 0.15) is 25.8 Å². The predicted molar refractivity (Wildman–Crippen MR) is 114 cm³/mol. The van der Waals surface area contributed by atoms with Gasteiger partial charge in [-0.3, -0.25) is 23.9 Å². The molecule has 0 bridgehead atoms. The molecule has 0 saturated heterocycles. The average molecular weight is 392 g/mol. The Kier molecular flexibility index (Phi) is 6.07. The van der Waals surface area contributed by atoms with Crippen molar-refractivity contribution < 1.29 is 9.59 Å². The van der Waals surface area contributed by atoms with Gasteiger partial charge in [0.2, 0.25) is 17.6 Å². The van der Waals surface area contributed by atoms with Gasteiger partial charge in [0.1, 0.15) is 6.54 Å². The lowest BCUT2D eigenvalue weighted by Crippen LogP contribution is -2.36. The van der Waals surface area contributed by atoms with Gasteiger partial charge in [-0.25, -0.2) is 4.98 Å². The SMILES string of the molecule is CCC(=O)N(C)c1nc2ccccc2n(CC(=O)Nc2ccc(CC)cc2)c1=O. The smallest absolute Gasteiger partial charge is 0.294 e. The number of carbonyl (C=O) groups is 2. The minimum Gasteiger partial charge on any atom is -0.325 e. The van der Waals surface area contributed by atoms with Crippen LogP contribution >= 0.6 is 0 Å². The highest BCUT2D eigenvalue weighted by Gasteiger charge is 2.19. The number of hydrogen-bond donors (Lipinski definition) is 1. The highest BCUT2D eigenvalue weighted by atomic mass is 16.2. The summed E-state index contributed by atoms with van der Waals surface area (Å²) in [6, 6.07) is 14.6. The number of para-hydroxylation sites is 2. The number of aromatic nitrogens is 2. The van der Waals surface area contributed by atoms with Gasteiger partial charge in [-0.1, -0.05) is 38.1 Å². The van der Waals surface area contributed by atoms with Gasteiger partial charge in [0.15, 0.2) is 0 Å². The second kappa shape index (κ2) is 8.68. The zero-order chi connectivity index (χ0) is 21.0. The van der Waals surface area contributed by atoms with E-state index in [2.05, 4.69) is 17.2 Å². The summed E-state index contributed by atoms with van der Waals surface area (Å²) in [6.45, 7) is 3.60. The Labute approximate surface area is 169 Å². The van der Waals surface area contributed by atoms with Crippen molar-refractivity contribution in [2.24, 2.45) is 0 Å². The van der Waals surface area contributed by atoms with Crippen LogP contribution in [-0.4, -0.2) is 28.4 Å². The van der Waals surface area contributed by atoms with Crippen LogP contribution in [-0.2, 0) is 22.6 Å². The summed E-state index contributed by atoms with van der Waals surface area (Å²) in [5.74, 6) is -0.546. The number of fused-ring (bicyclic) bond motifs is 1. The molecule has 1 aromatic heterocycles. The van der Waals surface area contributed by atoms with Gasteiger partial charge in [-0.05, 0) is 36.2 Å². The number of nitrogens with one attached hydrogen (secondary N) is 1. The van der Waals surface area contributed by atoms with Gasteiger partial charge in [0, 0.05) is 19.2 Å². The zero-order valence-electron chi connectivity index (χ0n) is 16.8. The maximum Gasteiger partial charge on any atom is 0.294 e. The second-order valence-electron chi connectivity index (χ2n) is 6.72. The molecule has 7 heteroatoms. The van der Waals surface area contributed by atoms with Crippen molar-refractivity contribution in [3.63, 3.8) is 0 Å². The Morgan fingerprint density at radius 3 is 2.41 bits per heavy atom. The summed E-state index contributed by atoms with van der Waals surface area (Å²) < 4.78 is 1.35. The first-order chi connectivity index (χ1) is 13.9. The number of rotatable bonds is 6. The third-order valence-electron chi connectivity index (χ3n) is 4.78. The first-order valence-corrected chi connectivity index (χ1v) is 9.59. The molecule has 0 atom stereocenters. The van der Waals surface area contributed by atoms with E-state index in [9.17, 15) is 14.4 Å². The van der Waals surface area contributed by atoms with Crippen molar-refractivity contribution in [1.29, 1.82) is 0 Å². The van der Waals surface area contributed by atoms with E-state index in [0.717, 1.165) is 6.42 Å². The van der Waals surface area contributed by atoms with Crippen molar-refractivity contribution in [2.45, 2.75) is 33.2 Å². The first-order valence-electron chi connectivity index (χ1n) is 9.59. The molecule has 0 aliphatic carbocycles. The van der Waals surface area contributed by atoms with E-state index >= 15 is 0 Å². The molecular weight excluding hydrogens is 368 g/mol. The van der Waals surface area contributed by atoms with Crippen LogP contribution in [0, 0.1) is 0 Å². The van der Waals surface area contributed by atoms with E-state index in [1.807, 2.05) is 24.3 Å². The highest BCUT2D eigenvalue weighted by Crippen LogP contribution is 2.15. The van der Waals surface area contributed by atoms with Crippen molar-refractivity contribution in [3.8, 4) is 0 Å². The Morgan fingerprint density at radius 2 is 1.76 bits per heavy atom. The molecule has 3 aromatic rings. The molecule has 2 aromatic carbocycles. The van der Waals surface area contributed by atoms with E-state index in [-0.39, 0.29) is 30.6 Å². The van der Waals surface area contributed by atoms with Gasteiger partial charge >= 0.3 is 0 Å². The van der Waals surface area contributed by atoms with Gasteiger partial charge < -0.3 is 5.32 Å². The number of aryl methyl sites for hydroxylation is 1. The minimum absolute atomic E-state index is 0.00986.